The molecule has 0 unspecified atom stereocenters. The van der Waals surface area contributed by atoms with Gasteiger partial charge < -0.3 is 0 Å². The molecule has 0 radical (unpaired) electrons. The van der Waals surface area contributed by atoms with E-state index < -0.39 is 17.9 Å². The van der Waals surface area contributed by atoms with Gasteiger partial charge in [0.25, 0.3) is 6.43 Å². The highest BCUT2D eigenvalue weighted by molar-refractivity contribution is 6.17. The summed E-state index contributed by atoms with van der Waals surface area (Å²) < 4.78 is 37.2. The maximum atomic E-state index is 12.9. The molecule has 14 heavy (non-hydrogen) atoms. The van der Waals surface area contributed by atoms with E-state index in [1.165, 1.54) is 0 Å². The second-order valence-electron chi connectivity index (χ2n) is 2.41. The first-order chi connectivity index (χ1) is 6.60. The predicted octanol–water partition coefficient (Wildman–Crippen LogP) is 2.77. The molecular formula is C8H4ClF3N2. The van der Waals surface area contributed by atoms with E-state index in [1.54, 1.807) is 6.07 Å². The normalized spacial score (nSPS) is 10.3. The van der Waals surface area contributed by atoms with Crippen LogP contribution in [-0.2, 0) is 5.88 Å². The number of aromatic nitrogens is 1. The summed E-state index contributed by atoms with van der Waals surface area (Å²) in [5.41, 5.74) is -1.18. The van der Waals surface area contributed by atoms with Crippen molar-refractivity contribution in [2.75, 3.05) is 0 Å². The van der Waals surface area contributed by atoms with Crippen molar-refractivity contribution in [3.8, 4) is 6.07 Å². The lowest BCUT2D eigenvalue weighted by atomic mass is 10.2. The molecule has 0 saturated carbocycles. The van der Waals surface area contributed by atoms with Crippen molar-refractivity contribution in [3.63, 3.8) is 0 Å². The number of rotatable bonds is 2. The van der Waals surface area contributed by atoms with E-state index in [1.807, 2.05) is 0 Å². The van der Waals surface area contributed by atoms with Crippen LogP contribution in [0, 0.1) is 17.1 Å². The monoisotopic (exact) mass is 220 g/mol. The van der Waals surface area contributed by atoms with Gasteiger partial charge in [0.15, 0.2) is 5.82 Å². The predicted molar refractivity (Wildman–Crippen MR) is 43.4 cm³/mol. The summed E-state index contributed by atoms with van der Waals surface area (Å²) in [7, 11) is 0. The lowest BCUT2D eigenvalue weighted by Crippen LogP contribution is -2.01. The fourth-order valence-electron chi connectivity index (χ4n) is 0.893. The van der Waals surface area contributed by atoms with E-state index in [-0.39, 0.29) is 17.1 Å². The van der Waals surface area contributed by atoms with Crippen LogP contribution in [0.1, 0.15) is 23.4 Å². The Morgan fingerprint density at radius 2 is 2.21 bits per heavy atom. The molecule has 0 N–H and O–H groups in total. The minimum Gasteiger partial charge on any atom is -0.233 e. The molecule has 0 bridgehead atoms. The van der Waals surface area contributed by atoms with Crippen LogP contribution in [0.2, 0.25) is 0 Å². The summed E-state index contributed by atoms with van der Waals surface area (Å²) in [5, 5.41) is 8.51. The summed E-state index contributed by atoms with van der Waals surface area (Å²) in [6, 6.07) is 2.38. The third-order valence-electron chi connectivity index (χ3n) is 1.54. The number of alkyl halides is 3. The first kappa shape index (κ1) is 10.8. The molecule has 0 aliphatic heterocycles. The highest BCUT2D eigenvalue weighted by Gasteiger charge is 2.18. The third kappa shape index (κ3) is 1.96. The summed E-state index contributed by atoms with van der Waals surface area (Å²) in [6.07, 6.45) is -3.04. The molecule has 1 aromatic rings. The molecule has 0 saturated heterocycles. The smallest absolute Gasteiger partial charge is 0.233 e. The van der Waals surface area contributed by atoms with E-state index in [0.717, 1.165) is 6.07 Å². The van der Waals surface area contributed by atoms with Crippen molar-refractivity contribution in [2.45, 2.75) is 12.3 Å². The molecule has 74 valence electrons. The van der Waals surface area contributed by atoms with Gasteiger partial charge in [0, 0.05) is 5.56 Å². The Kier molecular flexibility index (Phi) is 3.31. The Morgan fingerprint density at radius 1 is 1.57 bits per heavy atom. The molecule has 0 amide bonds. The van der Waals surface area contributed by atoms with E-state index in [9.17, 15) is 13.2 Å². The average Bonchev–Trinajstić information content (AvgIpc) is 2.16. The molecule has 0 spiro atoms. The molecule has 0 fully saturated rings. The van der Waals surface area contributed by atoms with Crippen LogP contribution < -0.4 is 0 Å². The van der Waals surface area contributed by atoms with Crippen molar-refractivity contribution in [1.29, 1.82) is 5.26 Å². The number of hydrogen-bond acceptors (Lipinski definition) is 2. The van der Waals surface area contributed by atoms with Crippen molar-refractivity contribution in [1.82, 2.24) is 4.98 Å². The Morgan fingerprint density at radius 3 is 2.64 bits per heavy atom. The molecule has 0 aliphatic rings. The van der Waals surface area contributed by atoms with Crippen molar-refractivity contribution in [2.24, 2.45) is 0 Å². The zero-order chi connectivity index (χ0) is 10.7. The first-order valence-corrected chi connectivity index (χ1v) is 4.07. The maximum Gasteiger partial charge on any atom is 0.283 e. The van der Waals surface area contributed by atoms with Gasteiger partial charge >= 0.3 is 0 Å². The minimum atomic E-state index is -3.04. The Labute approximate surface area is 82.9 Å². The fourth-order valence-corrected chi connectivity index (χ4v) is 1.10. The summed E-state index contributed by atoms with van der Waals surface area (Å²) in [4.78, 5) is 3.19. The Hall–Kier alpha value is -1.28. The lowest BCUT2D eigenvalue weighted by molar-refractivity contribution is 0.140. The van der Waals surface area contributed by atoms with Crippen LogP contribution >= 0.6 is 11.6 Å². The van der Waals surface area contributed by atoms with E-state index in [0.29, 0.717) is 0 Å². The van der Waals surface area contributed by atoms with Crippen molar-refractivity contribution >= 4 is 11.6 Å². The molecule has 1 rings (SSSR count). The van der Waals surface area contributed by atoms with Crippen molar-refractivity contribution in [3.05, 3.63) is 28.8 Å². The zero-order valence-corrected chi connectivity index (χ0v) is 7.52. The highest BCUT2D eigenvalue weighted by atomic mass is 35.5. The van der Waals surface area contributed by atoms with Crippen LogP contribution in [0.5, 0.6) is 0 Å². The van der Waals surface area contributed by atoms with Gasteiger partial charge in [0.2, 0.25) is 0 Å². The van der Waals surface area contributed by atoms with Gasteiger partial charge in [-0.25, -0.2) is 18.2 Å². The zero-order valence-electron chi connectivity index (χ0n) is 6.77. The number of hydrogen-bond donors (Lipinski definition) is 0. The van der Waals surface area contributed by atoms with E-state index in [4.69, 9.17) is 16.9 Å². The summed E-state index contributed by atoms with van der Waals surface area (Å²) in [5.74, 6) is -1.29. The largest absolute Gasteiger partial charge is 0.283 e. The molecule has 0 aliphatic carbocycles. The number of halogens is 4. The molecule has 1 aromatic heterocycles. The topological polar surface area (TPSA) is 36.7 Å². The number of pyridine rings is 1. The van der Waals surface area contributed by atoms with E-state index in [2.05, 4.69) is 4.98 Å². The van der Waals surface area contributed by atoms with Crippen LogP contribution in [0.3, 0.4) is 0 Å². The van der Waals surface area contributed by atoms with Crippen LogP contribution in [-0.4, -0.2) is 4.98 Å². The maximum absolute atomic E-state index is 12.9. The van der Waals surface area contributed by atoms with E-state index >= 15 is 0 Å². The number of nitrogens with zero attached hydrogens (tertiary/aromatic N) is 2. The molecule has 6 heteroatoms. The molecule has 0 aromatic carbocycles. The Balaban J connectivity index is 3.32. The number of nitriles is 1. The fraction of sp³-hybridized carbons (Fsp3) is 0.250. The van der Waals surface area contributed by atoms with Crippen LogP contribution in [0.15, 0.2) is 6.07 Å². The van der Waals surface area contributed by atoms with Gasteiger partial charge in [-0.1, -0.05) is 0 Å². The van der Waals surface area contributed by atoms with Gasteiger partial charge in [-0.2, -0.15) is 5.26 Å². The summed E-state index contributed by atoms with van der Waals surface area (Å²) in [6.45, 7) is 0. The highest BCUT2D eigenvalue weighted by Crippen LogP contribution is 2.22. The Bertz CT molecular complexity index is 387. The molecule has 0 atom stereocenters. The van der Waals surface area contributed by atoms with Gasteiger partial charge in [-0.15, -0.1) is 11.6 Å². The lowest BCUT2D eigenvalue weighted by Gasteiger charge is -2.04. The van der Waals surface area contributed by atoms with Gasteiger partial charge in [0.05, 0.1) is 5.88 Å². The first-order valence-electron chi connectivity index (χ1n) is 3.53. The second kappa shape index (κ2) is 4.29. The van der Waals surface area contributed by atoms with Crippen molar-refractivity contribution < 1.29 is 13.2 Å². The second-order valence-corrected chi connectivity index (χ2v) is 2.68. The van der Waals surface area contributed by atoms with Gasteiger partial charge in [0.1, 0.15) is 17.5 Å². The van der Waals surface area contributed by atoms with Crippen LogP contribution in [0.4, 0.5) is 13.2 Å². The quantitative estimate of drug-likeness (QED) is 0.719. The minimum absolute atomic E-state index is 0.107. The SMILES string of the molecule is N#Cc1nc(C(F)F)c(F)cc1CCl. The van der Waals surface area contributed by atoms with Gasteiger partial charge in [-0.05, 0) is 6.07 Å². The molecular weight excluding hydrogens is 217 g/mol. The summed E-state index contributed by atoms with van der Waals surface area (Å²) >= 11 is 5.37. The van der Waals surface area contributed by atoms with Crippen LogP contribution in [0.25, 0.3) is 0 Å². The third-order valence-corrected chi connectivity index (χ3v) is 1.83. The van der Waals surface area contributed by atoms with Gasteiger partial charge in [-0.3, -0.25) is 0 Å². The molecule has 2 nitrogen and oxygen atoms in total. The standard InChI is InChI=1S/C8H4ClF3N2/c9-2-4-1-5(10)7(8(11)12)14-6(4)3-13/h1,8H,2H2. The average molecular weight is 221 g/mol. The molecule has 1 heterocycles.